The highest BCUT2D eigenvalue weighted by atomic mass is 16.4. The van der Waals surface area contributed by atoms with Crippen molar-refractivity contribution in [1.82, 2.24) is 9.88 Å². The highest BCUT2D eigenvalue weighted by Crippen LogP contribution is 2.19. The second kappa shape index (κ2) is 4.11. The second-order valence-corrected chi connectivity index (χ2v) is 3.91. The van der Waals surface area contributed by atoms with E-state index in [9.17, 15) is 0 Å². The number of likely N-dealkylation sites (N-methyl/N-ethyl adjacent to an activating group) is 1. The Labute approximate surface area is 84.1 Å². The molecule has 1 fully saturated rings. The summed E-state index contributed by atoms with van der Waals surface area (Å²) in [4.78, 5) is 6.47. The van der Waals surface area contributed by atoms with Gasteiger partial charge in [-0.1, -0.05) is 0 Å². The number of hydrogen-bond acceptors (Lipinski definition) is 4. The molecule has 2 rings (SSSR count). The number of hydrogen-bond donors (Lipinski definition) is 1. The molecule has 0 aromatic carbocycles. The van der Waals surface area contributed by atoms with Gasteiger partial charge in [0.15, 0.2) is 0 Å². The molecule has 2 heterocycles. The Bertz CT molecular complexity index is 297. The Morgan fingerprint density at radius 1 is 1.71 bits per heavy atom. The molecule has 0 radical (unpaired) electrons. The molecule has 4 heteroatoms. The zero-order valence-corrected chi connectivity index (χ0v) is 8.57. The minimum atomic E-state index is 0.389. The number of nitrogens with zero attached hydrogens (tertiary/aromatic N) is 2. The molecule has 4 nitrogen and oxygen atoms in total. The summed E-state index contributed by atoms with van der Waals surface area (Å²) in [6, 6.07) is 0.619. The number of rotatable bonds is 3. The Kier molecular flexibility index (Phi) is 2.84. The Balaban J connectivity index is 1.96. The van der Waals surface area contributed by atoms with Crippen LogP contribution in [-0.4, -0.2) is 29.5 Å². The largest absolute Gasteiger partial charge is 0.444 e. The minimum absolute atomic E-state index is 0.389. The average molecular weight is 195 g/mol. The topological polar surface area (TPSA) is 55.3 Å². The van der Waals surface area contributed by atoms with E-state index in [1.807, 2.05) is 0 Å². The van der Waals surface area contributed by atoms with Gasteiger partial charge >= 0.3 is 0 Å². The van der Waals surface area contributed by atoms with Gasteiger partial charge in [-0.2, -0.15) is 0 Å². The first-order valence-corrected chi connectivity index (χ1v) is 5.13. The molecule has 14 heavy (non-hydrogen) atoms. The van der Waals surface area contributed by atoms with Crippen LogP contribution in [0, 0.1) is 0 Å². The van der Waals surface area contributed by atoms with Crippen molar-refractivity contribution in [2.24, 2.45) is 5.73 Å². The summed E-state index contributed by atoms with van der Waals surface area (Å²) < 4.78 is 5.48. The first kappa shape index (κ1) is 9.68. The SMILES string of the molecule is CN1CCCC1Cc1cnc(CN)o1. The third-order valence-corrected chi connectivity index (χ3v) is 2.88. The summed E-state index contributed by atoms with van der Waals surface area (Å²) >= 11 is 0. The van der Waals surface area contributed by atoms with E-state index in [1.54, 1.807) is 6.20 Å². The van der Waals surface area contributed by atoms with Crippen LogP contribution in [0.5, 0.6) is 0 Å². The molecular weight excluding hydrogens is 178 g/mol. The lowest BCUT2D eigenvalue weighted by Crippen LogP contribution is -2.26. The summed E-state index contributed by atoms with van der Waals surface area (Å²) in [5.41, 5.74) is 5.43. The van der Waals surface area contributed by atoms with E-state index < -0.39 is 0 Å². The Morgan fingerprint density at radius 3 is 3.14 bits per heavy atom. The van der Waals surface area contributed by atoms with Gasteiger partial charge in [0.25, 0.3) is 0 Å². The summed E-state index contributed by atoms with van der Waals surface area (Å²) in [7, 11) is 2.16. The van der Waals surface area contributed by atoms with Crippen molar-refractivity contribution in [1.29, 1.82) is 0 Å². The fraction of sp³-hybridized carbons (Fsp3) is 0.700. The van der Waals surface area contributed by atoms with Gasteiger partial charge in [0.2, 0.25) is 5.89 Å². The monoisotopic (exact) mass is 195 g/mol. The number of aromatic nitrogens is 1. The van der Waals surface area contributed by atoms with E-state index in [0.717, 1.165) is 12.2 Å². The van der Waals surface area contributed by atoms with Crippen LogP contribution >= 0.6 is 0 Å². The number of oxazole rings is 1. The molecule has 0 aliphatic carbocycles. The molecule has 0 amide bonds. The average Bonchev–Trinajstić information content (AvgIpc) is 2.77. The van der Waals surface area contributed by atoms with E-state index in [2.05, 4.69) is 16.9 Å². The van der Waals surface area contributed by atoms with E-state index >= 15 is 0 Å². The van der Waals surface area contributed by atoms with Crippen LogP contribution in [0.1, 0.15) is 24.5 Å². The van der Waals surface area contributed by atoms with Crippen molar-refractivity contribution in [2.75, 3.05) is 13.6 Å². The number of likely N-dealkylation sites (tertiary alicyclic amines) is 1. The highest BCUT2D eigenvalue weighted by Gasteiger charge is 2.22. The molecule has 1 aliphatic heterocycles. The summed E-state index contributed by atoms with van der Waals surface area (Å²) in [6.07, 6.45) is 5.31. The second-order valence-electron chi connectivity index (χ2n) is 3.91. The molecule has 1 atom stereocenters. The van der Waals surface area contributed by atoms with Gasteiger partial charge in [0.05, 0.1) is 12.7 Å². The van der Waals surface area contributed by atoms with Crippen LogP contribution in [0.2, 0.25) is 0 Å². The van der Waals surface area contributed by atoms with Gasteiger partial charge in [-0.3, -0.25) is 0 Å². The summed E-state index contributed by atoms with van der Waals surface area (Å²) in [5, 5.41) is 0. The molecule has 1 aromatic rings. The normalized spacial score (nSPS) is 23.1. The number of nitrogens with two attached hydrogens (primary N) is 1. The molecule has 1 saturated heterocycles. The maximum Gasteiger partial charge on any atom is 0.208 e. The third-order valence-electron chi connectivity index (χ3n) is 2.88. The zero-order chi connectivity index (χ0) is 9.97. The lowest BCUT2D eigenvalue weighted by Gasteiger charge is -2.17. The van der Waals surface area contributed by atoms with Gasteiger partial charge < -0.3 is 15.1 Å². The van der Waals surface area contributed by atoms with Crippen molar-refractivity contribution in [2.45, 2.75) is 31.8 Å². The van der Waals surface area contributed by atoms with E-state index in [4.69, 9.17) is 10.2 Å². The fourth-order valence-electron chi connectivity index (χ4n) is 2.01. The zero-order valence-electron chi connectivity index (χ0n) is 8.57. The molecular formula is C10H17N3O. The molecule has 78 valence electrons. The van der Waals surface area contributed by atoms with E-state index in [0.29, 0.717) is 18.5 Å². The van der Waals surface area contributed by atoms with Gasteiger partial charge in [-0.05, 0) is 26.4 Å². The van der Waals surface area contributed by atoms with Crippen molar-refractivity contribution in [3.8, 4) is 0 Å². The quantitative estimate of drug-likeness (QED) is 0.774. The fourth-order valence-corrected chi connectivity index (χ4v) is 2.01. The van der Waals surface area contributed by atoms with Crippen LogP contribution in [0.25, 0.3) is 0 Å². The maximum atomic E-state index is 5.48. The van der Waals surface area contributed by atoms with Crippen LogP contribution in [0.3, 0.4) is 0 Å². The van der Waals surface area contributed by atoms with Crippen LogP contribution in [0.4, 0.5) is 0 Å². The van der Waals surface area contributed by atoms with Crippen molar-refractivity contribution >= 4 is 0 Å². The highest BCUT2D eigenvalue weighted by molar-refractivity contribution is 4.98. The van der Waals surface area contributed by atoms with Gasteiger partial charge in [-0.15, -0.1) is 0 Å². The summed E-state index contributed by atoms with van der Waals surface area (Å²) in [5.74, 6) is 1.60. The predicted octanol–water partition coefficient (Wildman–Crippen LogP) is 0.770. The Hall–Kier alpha value is -0.870. The molecule has 0 spiro atoms. The van der Waals surface area contributed by atoms with Crippen molar-refractivity contribution in [3.63, 3.8) is 0 Å². The van der Waals surface area contributed by atoms with Gasteiger partial charge in [-0.25, -0.2) is 4.98 Å². The first-order valence-electron chi connectivity index (χ1n) is 5.13. The standard InChI is InChI=1S/C10H17N3O/c1-13-4-2-3-8(13)5-9-7-12-10(6-11)14-9/h7-8H,2-6,11H2,1H3. The molecule has 1 aliphatic rings. The lowest BCUT2D eigenvalue weighted by molar-refractivity contribution is 0.293. The maximum absolute atomic E-state index is 5.48. The molecule has 1 unspecified atom stereocenters. The predicted molar refractivity (Wildman–Crippen MR) is 53.8 cm³/mol. The van der Waals surface area contributed by atoms with Crippen LogP contribution in [-0.2, 0) is 13.0 Å². The molecule has 0 saturated carbocycles. The summed E-state index contributed by atoms with van der Waals surface area (Å²) in [6.45, 7) is 1.59. The van der Waals surface area contributed by atoms with Crippen LogP contribution < -0.4 is 5.73 Å². The van der Waals surface area contributed by atoms with Crippen molar-refractivity contribution in [3.05, 3.63) is 17.8 Å². The molecule has 2 N–H and O–H groups in total. The third kappa shape index (κ3) is 1.96. The minimum Gasteiger partial charge on any atom is -0.444 e. The lowest BCUT2D eigenvalue weighted by atomic mass is 10.1. The molecule has 1 aromatic heterocycles. The Morgan fingerprint density at radius 2 is 2.57 bits per heavy atom. The molecule has 0 bridgehead atoms. The van der Waals surface area contributed by atoms with Crippen LogP contribution in [0.15, 0.2) is 10.6 Å². The first-order chi connectivity index (χ1) is 6.79. The van der Waals surface area contributed by atoms with E-state index in [-0.39, 0.29) is 0 Å². The van der Waals surface area contributed by atoms with E-state index in [1.165, 1.54) is 19.4 Å². The van der Waals surface area contributed by atoms with Gasteiger partial charge in [0, 0.05) is 12.5 Å². The van der Waals surface area contributed by atoms with Crippen molar-refractivity contribution < 1.29 is 4.42 Å². The van der Waals surface area contributed by atoms with Gasteiger partial charge in [0.1, 0.15) is 5.76 Å². The smallest absolute Gasteiger partial charge is 0.208 e.